The Morgan fingerprint density at radius 1 is 0.800 bits per heavy atom. The smallest absolute Gasteiger partial charge is 0.110 e. The summed E-state index contributed by atoms with van der Waals surface area (Å²) in [6.07, 6.45) is 0.457. The predicted molar refractivity (Wildman–Crippen MR) is 60.1 cm³/mol. The fourth-order valence-corrected chi connectivity index (χ4v) is 1.14. The quantitative estimate of drug-likeness (QED) is 0.676. The van der Waals surface area contributed by atoms with Gasteiger partial charge in [-0.15, -0.1) is 0 Å². The highest BCUT2D eigenvalue weighted by Gasteiger charge is 2.40. The Morgan fingerprint density at radius 3 is 1.40 bits per heavy atom. The van der Waals surface area contributed by atoms with E-state index in [-0.39, 0.29) is 23.4 Å². The van der Waals surface area contributed by atoms with E-state index in [1.54, 1.807) is 0 Å². The van der Waals surface area contributed by atoms with Crippen molar-refractivity contribution in [3.05, 3.63) is 0 Å². The summed E-state index contributed by atoms with van der Waals surface area (Å²) in [5.74, 6) is 0. The van der Waals surface area contributed by atoms with Crippen molar-refractivity contribution < 1.29 is 14.2 Å². The lowest BCUT2D eigenvalue weighted by Gasteiger charge is -2.19. The second-order valence-corrected chi connectivity index (χ2v) is 6.06. The average molecular weight is 216 g/mol. The van der Waals surface area contributed by atoms with E-state index in [1.807, 2.05) is 0 Å². The highest BCUT2D eigenvalue weighted by atomic mass is 16.6. The minimum absolute atomic E-state index is 0.0820. The van der Waals surface area contributed by atoms with Gasteiger partial charge in [0.25, 0.3) is 0 Å². The lowest BCUT2D eigenvalue weighted by molar-refractivity contribution is -0.0135. The Morgan fingerprint density at radius 2 is 1.13 bits per heavy atom. The predicted octanol–water partition coefficient (Wildman–Crippen LogP) is 2.38. The minimum atomic E-state index is -0.0820. The van der Waals surface area contributed by atoms with Crippen molar-refractivity contribution in [3.8, 4) is 0 Å². The number of rotatable bonds is 4. The molecule has 3 nitrogen and oxygen atoms in total. The molecule has 0 aromatic rings. The van der Waals surface area contributed by atoms with E-state index >= 15 is 0 Å². The SMILES string of the molecule is CC(C)(C)OC[C@@H]1O[C@@H]1COC(C)(C)C. The van der Waals surface area contributed by atoms with E-state index in [0.717, 1.165) is 0 Å². The average Bonchev–Trinajstić information content (AvgIpc) is 2.73. The van der Waals surface area contributed by atoms with Crippen LogP contribution in [-0.2, 0) is 14.2 Å². The molecule has 0 aromatic carbocycles. The zero-order valence-electron chi connectivity index (χ0n) is 10.8. The Bertz CT molecular complexity index is 178. The summed E-state index contributed by atoms with van der Waals surface area (Å²) < 4.78 is 16.7. The van der Waals surface area contributed by atoms with Crippen molar-refractivity contribution in [2.24, 2.45) is 0 Å². The van der Waals surface area contributed by atoms with Crippen LogP contribution in [0.3, 0.4) is 0 Å². The third-order valence-electron chi connectivity index (χ3n) is 2.05. The fraction of sp³-hybridized carbons (Fsp3) is 1.00. The van der Waals surface area contributed by atoms with Gasteiger partial charge >= 0.3 is 0 Å². The van der Waals surface area contributed by atoms with Crippen LogP contribution in [-0.4, -0.2) is 36.6 Å². The highest BCUT2D eigenvalue weighted by molar-refractivity contribution is 4.85. The van der Waals surface area contributed by atoms with E-state index in [1.165, 1.54) is 0 Å². The summed E-state index contributed by atoms with van der Waals surface area (Å²) in [6.45, 7) is 13.6. The first kappa shape index (κ1) is 12.9. The molecule has 0 aliphatic carbocycles. The second kappa shape index (κ2) is 4.40. The largest absolute Gasteiger partial charge is 0.373 e. The summed E-state index contributed by atoms with van der Waals surface area (Å²) in [7, 11) is 0. The van der Waals surface area contributed by atoms with Gasteiger partial charge in [0.05, 0.1) is 24.4 Å². The molecule has 1 fully saturated rings. The third-order valence-corrected chi connectivity index (χ3v) is 2.05. The molecule has 0 N–H and O–H groups in total. The molecule has 0 radical (unpaired) electrons. The van der Waals surface area contributed by atoms with E-state index in [2.05, 4.69) is 41.5 Å². The van der Waals surface area contributed by atoms with Gasteiger partial charge in [-0.3, -0.25) is 0 Å². The van der Waals surface area contributed by atoms with E-state index in [9.17, 15) is 0 Å². The maximum Gasteiger partial charge on any atom is 0.110 e. The molecule has 0 unspecified atom stereocenters. The third kappa shape index (κ3) is 6.13. The van der Waals surface area contributed by atoms with Gasteiger partial charge in [0.2, 0.25) is 0 Å². The van der Waals surface area contributed by atoms with Crippen molar-refractivity contribution in [1.29, 1.82) is 0 Å². The molecule has 1 rings (SSSR count). The van der Waals surface area contributed by atoms with Crippen LogP contribution in [0.2, 0.25) is 0 Å². The molecule has 1 aliphatic heterocycles. The van der Waals surface area contributed by atoms with E-state index in [0.29, 0.717) is 13.2 Å². The van der Waals surface area contributed by atoms with Crippen molar-refractivity contribution in [3.63, 3.8) is 0 Å². The lowest BCUT2D eigenvalue weighted by Crippen LogP contribution is -2.25. The van der Waals surface area contributed by atoms with Gasteiger partial charge in [-0.25, -0.2) is 0 Å². The van der Waals surface area contributed by atoms with Crippen LogP contribution < -0.4 is 0 Å². The molecule has 1 saturated heterocycles. The van der Waals surface area contributed by atoms with Crippen LogP contribution >= 0.6 is 0 Å². The molecule has 15 heavy (non-hydrogen) atoms. The van der Waals surface area contributed by atoms with Gasteiger partial charge < -0.3 is 14.2 Å². The molecule has 0 spiro atoms. The first-order valence-corrected chi connectivity index (χ1v) is 5.61. The van der Waals surface area contributed by atoms with Crippen LogP contribution in [0.1, 0.15) is 41.5 Å². The highest BCUT2D eigenvalue weighted by Crippen LogP contribution is 2.25. The standard InChI is InChI=1S/C12H24O3/c1-11(2,3)13-7-9-10(15-9)8-14-12(4,5)6/h9-10H,7-8H2,1-6H3/t9-,10+. The van der Waals surface area contributed by atoms with Gasteiger partial charge in [-0.05, 0) is 41.5 Å². The topological polar surface area (TPSA) is 31.0 Å². The molecule has 0 saturated carbocycles. The molecule has 0 aromatic heterocycles. The molecule has 1 heterocycles. The van der Waals surface area contributed by atoms with Crippen LogP contribution in [0.4, 0.5) is 0 Å². The van der Waals surface area contributed by atoms with Crippen LogP contribution in [0, 0.1) is 0 Å². The molecule has 0 bridgehead atoms. The monoisotopic (exact) mass is 216 g/mol. The van der Waals surface area contributed by atoms with Crippen molar-refractivity contribution in [2.45, 2.75) is 65.0 Å². The van der Waals surface area contributed by atoms with Gasteiger partial charge in [0.1, 0.15) is 12.2 Å². The normalized spacial score (nSPS) is 26.8. The summed E-state index contributed by atoms with van der Waals surface area (Å²) in [4.78, 5) is 0. The minimum Gasteiger partial charge on any atom is -0.373 e. The molecular weight excluding hydrogens is 192 g/mol. The van der Waals surface area contributed by atoms with Crippen molar-refractivity contribution in [1.82, 2.24) is 0 Å². The molecule has 2 atom stereocenters. The summed E-state index contributed by atoms with van der Waals surface area (Å²) in [5.41, 5.74) is -0.164. The zero-order valence-corrected chi connectivity index (χ0v) is 10.8. The Labute approximate surface area is 93.1 Å². The van der Waals surface area contributed by atoms with Gasteiger partial charge in [0.15, 0.2) is 0 Å². The molecule has 0 amide bonds. The molecule has 1 aliphatic rings. The van der Waals surface area contributed by atoms with Gasteiger partial charge in [-0.2, -0.15) is 0 Å². The second-order valence-electron chi connectivity index (χ2n) is 6.06. The molecule has 90 valence electrons. The first-order valence-electron chi connectivity index (χ1n) is 5.61. The Hall–Kier alpha value is -0.120. The Balaban J connectivity index is 2.08. The lowest BCUT2D eigenvalue weighted by atomic mass is 10.2. The number of hydrogen-bond donors (Lipinski definition) is 0. The summed E-state index contributed by atoms with van der Waals surface area (Å²) >= 11 is 0. The van der Waals surface area contributed by atoms with Crippen LogP contribution in [0.25, 0.3) is 0 Å². The van der Waals surface area contributed by atoms with Crippen LogP contribution in [0.5, 0.6) is 0 Å². The summed E-state index contributed by atoms with van der Waals surface area (Å²) in [5, 5.41) is 0. The van der Waals surface area contributed by atoms with Gasteiger partial charge in [-0.1, -0.05) is 0 Å². The van der Waals surface area contributed by atoms with Gasteiger partial charge in [0, 0.05) is 0 Å². The maximum atomic E-state index is 5.63. The Kier molecular flexibility index (Phi) is 3.80. The maximum absolute atomic E-state index is 5.63. The van der Waals surface area contributed by atoms with Crippen molar-refractivity contribution >= 4 is 0 Å². The first-order chi connectivity index (χ1) is 6.67. The van der Waals surface area contributed by atoms with E-state index < -0.39 is 0 Å². The van der Waals surface area contributed by atoms with Crippen molar-refractivity contribution in [2.75, 3.05) is 13.2 Å². The molecular formula is C12H24O3. The molecule has 3 heteroatoms. The zero-order chi connectivity index (χ0) is 11.7. The summed E-state index contributed by atoms with van der Waals surface area (Å²) in [6, 6.07) is 0. The fourth-order valence-electron chi connectivity index (χ4n) is 1.14. The number of ether oxygens (including phenoxy) is 3. The van der Waals surface area contributed by atoms with Crippen LogP contribution in [0.15, 0.2) is 0 Å². The number of hydrogen-bond acceptors (Lipinski definition) is 3. The number of epoxide rings is 1. The van der Waals surface area contributed by atoms with E-state index in [4.69, 9.17) is 14.2 Å².